The fraction of sp³-hybridized carbons (Fsp3) is 0.0870. The van der Waals surface area contributed by atoms with Crippen molar-refractivity contribution in [2.24, 2.45) is 0 Å². The van der Waals surface area contributed by atoms with E-state index in [1.54, 1.807) is 61.5 Å². The Balaban J connectivity index is 1.85. The molecule has 9 nitrogen and oxygen atoms in total. The van der Waals surface area contributed by atoms with E-state index in [9.17, 15) is 24.5 Å². The molecule has 9 heteroatoms. The first-order chi connectivity index (χ1) is 15.3. The summed E-state index contributed by atoms with van der Waals surface area (Å²) in [6.45, 7) is 0. The van der Waals surface area contributed by atoms with Crippen molar-refractivity contribution in [3.63, 3.8) is 0 Å². The Morgan fingerprint density at radius 1 is 0.781 bits per heavy atom. The van der Waals surface area contributed by atoms with Crippen LogP contribution in [0.4, 0.5) is 11.4 Å². The first-order valence-corrected chi connectivity index (χ1v) is 9.55. The number of anilines is 1. The Morgan fingerprint density at radius 2 is 1.38 bits per heavy atom. The summed E-state index contributed by atoms with van der Waals surface area (Å²) < 4.78 is 0. The van der Waals surface area contributed by atoms with Gasteiger partial charge in [-0.3, -0.25) is 35.3 Å². The van der Waals surface area contributed by atoms with Crippen molar-refractivity contribution in [3.8, 4) is 0 Å². The van der Waals surface area contributed by atoms with Crippen molar-refractivity contribution in [3.05, 3.63) is 105 Å². The monoisotopic (exact) mass is 432 g/mol. The number of rotatable bonds is 6. The van der Waals surface area contributed by atoms with Gasteiger partial charge in [0.15, 0.2) is 5.78 Å². The highest BCUT2D eigenvalue weighted by Gasteiger charge is 2.23. The molecule has 3 rings (SSSR count). The quantitative estimate of drug-likeness (QED) is 0.351. The normalized spacial score (nSPS) is 10.2. The molecule has 3 aromatic carbocycles. The van der Waals surface area contributed by atoms with Crippen LogP contribution in [0.3, 0.4) is 0 Å². The van der Waals surface area contributed by atoms with Gasteiger partial charge in [0, 0.05) is 36.9 Å². The van der Waals surface area contributed by atoms with Crippen LogP contribution in [0.5, 0.6) is 0 Å². The van der Waals surface area contributed by atoms with Crippen molar-refractivity contribution in [1.82, 2.24) is 10.9 Å². The predicted octanol–water partition coefficient (Wildman–Crippen LogP) is 2.97. The summed E-state index contributed by atoms with van der Waals surface area (Å²) in [7, 11) is 3.32. The van der Waals surface area contributed by atoms with Crippen LogP contribution < -0.4 is 15.8 Å². The minimum Gasteiger partial charge on any atom is -0.372 e. The van der Waals surface area contributed by atoms with Crippen LogP contribution in [0.2, 0.25) is 0 Å². The second-order valence-electron chi connectivity index (χ2n) is 7.00. The average Bonchev–Trinajstić information content (AvgIpc) is 2.81. The number of hydrogen-bond donors (Lipinski definition) is 2. The number of carbonyl (C=O) groups excluding carboxylic acids is 3. The molecule has 0 fully saturated rings. The fourth-order valence-electron chi connectivity index (χ4n) is 3.07. The molecule has 0 bridgehead atoms. The Morgan fingerprint density at radius 3 is 2.00 bits per heavy atom. The molecule has 0 heterocycles. The number of hydrogen-bond acceptors (Lipinski definition) is 6. The number of hydrazine groups is 1. The van der Waals surface area contributed by atoms with Crippen LogP contribution in [-0.2, 0) is 0 Å². The summed E-state index contributed by atoms with van der Waals surface area (Å²) in [5.74, 6) is -1.77. The lowest BCUT2D eigenvalue weighted by Gasteiger charge is -2.14. The van der Waals surface area contributed by atoms with Crippen molar-refractivity contribution in [2.75, 3.05) is 19.0 Å². The first kappa shape index (κ1) is 22.2. The maximum Gasteiger partial charge on any atom is 0.293 e. The van der Waals surface area contributed by atoms with Gasteiger partial charge >= 0.3 is 0 Å². The van der Waals surface area contributed by atoms with Gasteiger partial charge in [-0.25, -0.2) is 0 Å². The zero-order chi connectivity index (χ0) is 23.3. The highest BCUT2D eigenvalue weighted by Crippen LogP contribution is 2.29. The lowest BCUT2D eigenvalue weighted by molar-refractivity contribution is -0.384. The van der Waals surface area contributed by atoms with Crippen molar-refractivity contribution < 1.29 is 19.3 Å². The van der Waals surface area contributed by atoms with E-state index in [4.69, 9.17) is 0 Å². The average molecular weight is 432 g/mol. The summed E-state index contributed by atoms with van der Waals surface area (Å²) in [6, 6.07) is 18.5. The highest BCUT2D eigenvalue weighted by molar-refractivity contribution is 6.16. The molecule has 0 aliphatic carbocycles. The molecule has 0 radical (unpaired) electrons. The number of nitro groups is 1. The third kappa shape index (κ3) is 4.78. The van der Waals surface area contributed by atoms with Gasteiger partial charge in [-0.1, -0.05) is 36.4 Å². The summed E-state index contributed by atoms with van der Waals surface area (Å²) in [4.78, 5) is 50.3. The third-order valence-corrected chi connectivity index (χ3v) is 4.66. The van der Waals surface area contributed by atoms with Gasteiger partial charge in [0.2, 0.25) is 0 Å². The van der Waals surface area contributed by atoms with E-state index in [1.165, 1.54) is 30.3 Å². The molecule has 0 aliphatic rings. The first-order valence-electron chi connectivity index (χ1n) is 9.55. The van der Waals surface area contributed by atoms with E-state index < -0.39 is 22.5 Å². The minimum absolute atomic E-state index is 0.0187. The molecule has 2 amide bonds. The zero-order valence-corrected chi connectivity index (χ0v) is 17.4. The highest BCUT2D eigenvalue weighted by atomic mass is 16.6. The predicted molar refractivity (Wildman–Crippen MR) is 119 cm³/mol. The second-order valence-corrected chi connectivity index (χ2v) is 7.00. The molecular weight excluding hydrogens is 412 g/mol. The Bertz CT molecular complexity index is 1190. The SMILES string of the molecule is CN(C)c1ccc(C(=O)c2ccccc2C(=O)NNC(=O)c2ccccc2)cc1[N+](=O)[O-]. The van der Waals surface area contributed by atoms with Gasteiger partial charge in [0.1, 0.15) is 5.69 Å². The van der Waals surface area contributed by atoms with Gasteiger partial charge in [-0.2, -0.15) is 0 Å². The molecule has 0 unspecified atom stereocenters. The molecule has 0 saturated carbocycles. The van der Waals surface area contributed by atoms with Crippen LogP contribution in [-0.4, -0.2) is 36.6 Å². The Hall–Kier alpha value is -4.53. The van der Waals surface area contributed by atoms with E-state index in [-0.39, 0.29) is 22.4 Å². The number of nitrogens with one attached hydrogen (secondary N) is 2. The smallest absolute Gasteiger partial charge is 0.293 e. The van der Waals surface area contributed by atoms with E-state index in [2.05, 4.69) is 10.9 Å². The summed E-state index contributed by atoms with van der Waals surface area (Å²) in [5.41, 5.74) is 5.20. The number of carbonyl (C=O) groups is 3. The van der Waals surface area contributed by atoms with Gasteiger partial charge < -0.3 is 4.90 Å². The standard InChI is InChI=1S/C23H20N4O5/c1-26(2)19-13-12-16(14-20(19)27(31)32)21(28)17-10-6-7-11-18(17)23(30)25-24-22(29)15-8-4-3-5-9-15/h3-14H,1-2H3,(H,24,29)(H,25,30). The summed E-state index contributed by atoms with van der Waals surface area (Å²) in [6.07, 6.45) is 0. The van der Waals surface area contributed by atoms with Crippen LogP contribution in [0.1, 0.15) is 36.6 Å². The molecule has 0 spiro atoms. The fourth-order valence-corrected chi connectivity index (χ4v) is 3.07. The lowest BCUT2D eigenvalue weighted by Crippen LogP contribution is -2.42. The van der Waals surface area contributed by atoms with Crippen molar-refractivity contribution in [2.45, 2.75) is 0 Å². The Kier molecular flexibility index (Phi) is 6.59. The van der Waals surface area contributed by atoms with Crippen molar-refractivity contribution in [1.29, 1.82) is 0 Å². The largest absolute Gasteiger partial charge is 0.372 e. The number of benzene rings is 3. The Labute approximate surface area is 183 Å². The minimum atomic E-state index is -0.697. The summed E-state index contributed by atoms with van der Waals surface area (Å²) >= 11 is 0. The maximum absolute atomic E-state index is 13.1. The van der Waals surface area contributed by atoms with E-state index in [1.807, 2.05) is 0 Å². The van der Waals surface area contributed by atoms with Crippen LogP contribution >= 0.6 is 0 Å². The zero-order valence-electron chi connectivity index (χ0n) is 17.4. The second kappa shape index (κ2) is 9.52. The van der Waals surface area contributed by atoms with Crippen molar-refractivity contribution >= 4 is 29.0 Å². The molecule has 0 atom stereocenters. The molecule has 32 heavy (non-hydrogen) atoms. The molecule has 3 aromatic rings. The van der Waals surface area contributed by atoms with Gasteiger partial charge in [0.25, 0.3) is 17.5 Å². The molecule has 162 valence electrons. The van der Waals surface area contributed by atoms with E-state index in [0.29, 0.717) is 11.3 Å². The van der Waals surface area contributed by atoms with Gasteiger partial charge in [0.05, 0.1) is 10.5 Å². The van der Waals surface area contributed by atoms with Crippen LogP contribution in [0.25, 0.3) is 0 Å². The molecule has 0 aromatic heterocycles. The topological polar surface area (TPSA) is 122 Å². The summed E-state index contributed by atoms with van der Waals surface area (Å²) in [5, 5.41) is 11.4. The maximum atomic E-state index is 13.1. The lowest BCUT2D eigenvalue weighted by atomic mass is 9.97. The van der Waals surface area contributed by atoms with E-state index in [0.717, 1.165) is 0 Å². The van der Waals surface area contributed by atoms with Crippen LogP contribution in [0, 0.1) is 10.1 Å². The molecule has 2 N–H and O–H groups in total. The molecule has 0 saturated heterocycles. The number of nitro benzene ring substituents is 1. The molecular formula is C23H20N4O5. The third-order valence-electron chi connectivity index (χ3n) is 4.66. The van der Waals surface area contributed by atoms with E-state index >= 15 is 0 Å². The number of ketones is 1. The van der Waals surface area contributed by atoms with Crippen LogP contribution in [0.15, 0.2) is 72.8 Å². The van der Waals surface area contributed by atoms with Gasteiger partial charge in [-0.15, -0.1) is 0 Å². The molecule has 0 aliphatic heterocycles. The number of nitrogens with zero attached hydrogens (tertiary/aromatic N) is 2. The number of amides is 2. The van der Waals surface area contributed by atoms with Gasteiger partial charge in [-0.05, 0) is 30.3 Å².